The third kappa shape index (κ3) is 1.90. The lowest BCUT2D eigenvalue weighted by molar-refractivity contribution is -0.183. The summed E-state index contributed by atoms with van der Waals surface area (Å²) in [5.41, 5.74) is 2.09. The first-order chi connectivity index (χ1) is 10.9. The highest BCUT2D eigenvalue weighted by Gasteiger charge is 2.65. The number of ether oxygens (including phenoxy) is 1. The molecule has 128 valence electrons. The van der Waals surface area contributed by atoms with E-state index in [0.29, 0.717) is 16.7 Å². The van der Waals surface area contributed by atoms with Gasteiger partial charge in [0.05, 0.1) is 12.5 Å². The molecule has 0 N–H and O–H groups in total. The Morgan fingerprint density at radius 3 is 2.65 bits per heavy atom. The standard InChI is InChI=1S/C21H32O2/c1-14-12-21-11-8-16-19(2,17(21)7-6-15(14)13-21)9-5-10-20(16,3)18(22)23-4/h15-17H,1,5-13H2,2-4H3/t15-,16-,17-,19+,20+,21+/m0/s1. The second-order valence-corrected chi connectivity index (χ2v) is 9.59. The van der Waals surface area contributed by atoms with E-state index in [-0.39, 0.29) is 11.4 Å². The second-order valence-electron chi connectivity index (χ2n) is 9.59. The van der Waals surface area contributed by atoms with Crippen molar-refractivity contribution in [2.45, 2.75) is 71.6 Å². The zero-order valence-corrected chi connectivity index (χ0v) is 15.1. The summed E-state index contributed by atoms with van der Waals surface area (Å²) < 4.78 is 5.25. The molecule has 0 aromatic rings. The van der Waals surface area contributed by atoms with Gasteiger partial charge in [0.25, 0.3) is 0 Å². The fourth-order valence-electron chi connectivity index (χ4n) is 7.83. The van der Waals surface area contributed by atoms with Gasteiger partial charge in [0, 0.05) is 0 Å². The molecule has 0 heterocycles. The normalized spacial score (nSPS) is 51.8. The highest BCUT2D eigenvalue weighted by molar-refractivity contribution is 5.77. The number of methoxy groups -OCH3 is 1. The van der Waals surface area contributed by atoms with Gasteiger partial charge < -0.3 is 4.74 Å². The van der Waals surface area contributed by atoms with Crippen LogP contribution in [0.15, 0.2) is 12.2 Å². The van der Waals surface area contributed by atoms with E-state index in [1.54, 1.807) is 7.11 Å². The molecule has 0 unspecified atom stereocenters. The molecule has 4 aliphatic carbocycles. The second kappa shape index (κ2) is 4.86. The van der Waals surface area contributed by atoms with E-state index in [9.17, 15) is 4.79 Å². The summed E-state index contributed by atoms with van der Waals surface area (Å²) in [7, 11) is 1.57. The number of hydrogen-bond donors (Lipinski definition) is 0. The lowest BCUT2D eigenvalue weighted by atomic mass is 9.41. The summed E-state index contributed by atoms with van der Waals surface area (Å²) in [5, 5.41) is 0. The van der Waals surface area contributed by atoms with Crippen molar-refractivity contribution in [2.24, 2.45) is 34.0 Å². The monoisotopic (exact) mass is 316 g/mol. The van der Waals surface area contributed by atoms with Gasteiger partial charge in [-0.15, -0.1) is 0 Å². The van der Waals surface area contributed by atoms with E-state index in [1.807, 2.05) is 0 Å². The fraction of sp³-hybridized carbons (Fsp3) is 0.857. The van der Waals surface area contributed by atoms with Crippen LogP contribution in [0, 0.1) is 34.0 Å². The van der Waals surface area contributed by atoms with E-state index in [4.69, 9.17) is 4.74 Å². The van der Waals surface area contributed by atoms with Crippen LogP contribution >= 0.6 is 0 Å². The molecule has 0 aromatic carbocycles. The predicted molar refractivity (Wildman–Crippen MR) is 91.8 cm³/mol. The summed E-state index contributed by atoms with van der Waals surface area (Å²) in [6, 6.07) is 0. The first-order valence-corrected chi connectivity index (χ1v) is 9.62. The molecule has 0 radical (unpaired) electrons. The number of hydrogen-bond acceptors (Lipinski definition) is 2. The molecule has 0 amide bonds. The number of fused-ring (bicyclic) bond motifs is 3. The lowest BCUT2D eigenvalue weighted by Crippen LogP contribution is -2.58. The van der Waals surface area contributed by atoms with E-state index < -0.39 is 0 Å². The molecule has 4 aliphatic rings. The van der Waals surface area contributed by atoms with Crippen molar-refractivity contribution < 1.29 is 9.53 Å². The highest BCUT2D eigenvalue weighted by Crippen LogP contribution is 2.72. The minimum Gasteiger partial charge on any atom is -0.469 e. The molecule has 2 heteroatoms. The molecule has 2 bridgehead atoms. The third-order valence-electron chi connectivity index (χ3n) is 8.71. The maximum absolute atomic E-state index is 12.6. The molecule has 1 spiro atoms. The van der Waals surface area contributed by atoms with E-state index in [1.165, 1.54) is 56.9 Å². The van der Waals surface area contributed by atoms with Gasteiger partial charge in [-0.3, -0.25) is 4.79 Å². The topological polar surface area (TPSA) is 26.3 Å². The van der Waals surface area contributed by atoms with Crippen LogP contribution in [0.2, 0.25) is 0 Å². The van der Waals surface area contributed by atoms with Gasteiger partial charge in [0.2, 0.25) is 0 Å². The number of carbonyl (C=O) groups is 1. The zero-order chi connectivity index (χ0) is 16.5. The van der Waals surface area contributed by atoms with E-state index >= 15 is 0 Å². The predicted octanol–water partition coefficient (Wildman–Crippen LogP) is 5.13. The maximum atomic E-state index is 12.6. The van der Waals surface area contributed by atoms with Crippen LogP contribution in [-0.4, -0.2) is 13.1 Å². The smallest absolute Gasteiger partial charge is 0.311 e. The Morgan fingerprint density at radius 1 is 1.13 bits per heavy atom. The molecule has 0 aromatic heterocycles. The van der Waals surface area contributed by atoms with Crippen LogP contribution in [0.5, 0.6) is 0 Å². The van der Waals surface area contributed by atoms with E-state index in [0.717, 1.165) is 18.3 Å². The van der Waals surface area contributed by atoms with Crippen molar-refractivity contribution in [3.63, 3.8) is 0 Å². The molecule has 0 saturated heterocycles. The molecule has 4 fully saturated rings. The van der Waals surface area contributed by atoms with Crippen LogP contribution in [0.4, 0.5) is 0 Å². The summed E-state index contributed by atoms with van der Waals surface area (Å²) in [4.78, 5) is 12.6. The van der Waals surface area contributed by atoms with Crippen LogP contribution < -0.4 is 0 Å². The summed E-state index contributed by atoms with van der Waals surface area (Å²) >= 11 is 0. The largest absolute Gasteiger partial charge is 0.469 e. The number of esters is 1. The first-order valence-electron chi connectivity index (χ1n) is 9.62. The molecule has 4 rings (SSSR count). The molecule has 4 saturated carbocycles. The van der Waals surface area contributed by atoms with Crippen molar-refractivity contribution in [1.82, 2.24) is 0 Å². The molecular formula is C21H32O2. The molecular weight excluding hydrogens is 284 g/mol. The Morgan fingerprint density at radius 2 is 1.91 bits per heavy atom. The summed E-state index contributed by atoms with van der Waals surface area (Å²) in [6.07, 6.45) is 11.3. The molecule has 6 atom stereocenters. The third-order valence-corrected chi connectivity index (χ3v) is 8.71. The van der Waals surface area contributed by atoms with Crippen LogP contribution in [0.3, 0.4) is 0 Å². The molecule has 2 nitrogen and oxygen atoms in total. The average Bonchev–Trinajstić information content (AvgIpc) is 2.75. The highest BCUT2D eigenvalue weighted by atomic mass is 16.5. The van der Waals surface area contributed by atoms with Crippen LogP contribution in [0.25, 0.3) is 0 Å². The number of allylic oxidation sites excluding steroid dienone is 1. The Bertz CT molecular complexity index is 552. The van der Waals surface area contributed by atoms with E-state index in [2.05, 4.69) is 20.4 Å². The SMILES string of the molecule is C=C1C[C@@]23CC[C@H]4[C@@](C)(CCC[C@@]4(C)C(=O)OC)[C@@H]2CC[C@H]1C3. The van der Waals surface area contributed by atoms with Gasteiger partial charge in [-0.05, 0) is 86.9 Å². The van der Waals surface area contributed by atoms with Gasteiger partial charge in [0.15, 0.2) is 0 Å². The molecule has 23 heavy (non-hydrogen) atoms. The van der Waals surface area contributed by atoms with Gasteiger partial charge >= 0.3 is 5.97 Å². The van der Waals surface area contributed by atoms with Crippen molar-refractivity contribution in [1.29, 1.82) is 0 Å². The Labute approximate surface area is 141 Å². The van der Waals surface area contributed by atoms with Gasteiger partial charge in [0.1, 0.15) is 0 Å². The number of rotatable bonds is 1. The minimum absolute atomic E-state index is 0.0360. The van der Waals surface area contributed by atoms with Crippen LogP contribution in [0.1, 0.15) is 71.6 Å². The first kappa shape index (κ1) is 15.7. The Hall–Kier alpha value is -0.790. The van der Waals surface area contributed by atoms with Crippen molar-refractivity contribution >= 4 is 5.97 Å². The lowest BCUT2D eigenvalue weighted by Gasteiger charge is -2.63. The zero-order valence-electron chi connectivity index (χ0n) is 15.1. The van der Waals surface area contributed by atoms with Gasteiger partial charge in [-0.1, -0.05) is 25.5 Å². The van der Waals surface area contributed by atoms with Gasteiger partial charge in [-0.25, -0.2) is 0 Å². The van der Waals surface area contributed by atoms with Crippen molar-refractivity contribution in [3.05, 3.63) is 12.2 Å². The molecule has 0 aliphatic heterocycles. The Balaban J connectivity index is 1.73. The fourth-order valence-corrected chi connectivity index (χ4v) is 7.83. The number of carbonyl (C=O) groups excluding carboxylic acids is 1. The summed E-state index contributed by atoms with van der Waals surface area (Å²) in [5.74, 6) is 2.11. The van der Waals surface area contributed by atoms with Gasteiger partial charge in [-0.2, -0.15) is 0 Å². The van der Waals surface area contributed by atoms with Crippen molar-refractivity contribution in [3.8, 4) is 0 Å². The average molecular weight is 316 g/mol. The van der Waals surface area contributed by atoms with Crippen LogP contribution in [-0.2, 0) is 9.53 Å². The quantitative estimate of drug-likeness (QED) is 0.495. The summed E-state index contributed by atoms with van der Waals surface area (Å²) in [6.45, 7) is 9.12. The maximum Gasteiger partial charge on any atom is 0.311 e. The van der Waals surface area contributed by atoms with Crippen molar-refractivity contribution in [2.75, 3.05) is 7.11 Å². The minimum atomic E-state index is -0.268. The Kier molecular flexibility index (Phi) is 3.32.